The number of ether oxygens (including phenoxy) is 1. The van der Waals surface area contributed by atoms with Crippen LogP contribution < -0.4 is 10.5 Å². The number of rotatable bonds is 4. The highest BCUT2D eigenvalue weighted by Gasteiger charge is 2.30. The van der Waals surface area contributed by atoms with Crippen LogP contribution in [0, 0.1) is 13.8 Å². The number of halogens is 3. The van der Waals surface area contributed by atoms with E-state index in [0.29, 0.717) is 11.4 Å². The molecule has 0 bridgehead atoms. The molecule has 0 aliphatic rings. The maximum absolute atomic E-state index is 12.2. The van der Waals surface area contributed by atoms with Gasteiger partial charge in [-0.2, -0.15) is 13.2 Å². The maximum atomic E-state index is 12.2. The molecule has 6 heteroatoms. The van der Waals surface area contributed by atoms with Crippen LogP contribution in [0.3, 0.4) is 0 Å². The number of hydrogen-bond acceptors (Lipinski definition) is 3. The minimum Gasteiger partial charge on any atom is -0.496 e. The summed E-state index contributed by atoms with van der Waals surface area (Å²) in [5, 5.41) is 0. The molecule has 1 heterocycles. The first-order chi connectivity index (χ1) is 8.24. The third-order valence-electron chi connectivity index (χ3n) is 2.70. The van der Waals surface area contributed by atoms with E-state index in [1.54, 1.807) is 13.1 Å². The van der Waals surface area contributed by atoms with Gasteiger partial charge in [-0.1, -0.05) is 0 Å². The van der Waals surface area contributed by atoms with Crippen LogP contribution in [0.4, 0.5) is 13.2 Å². The molecule has 2 N–H and O–H groups in total. The number of aryl methyl sites for hydroxylation is 1. The molecule has 1 aromatic heterocycles. The molecule has 102 valence electrons. The summed E-state index contributed by atoms with van der Waals surface area (Å²) in [6.07, 6.45) is -3.59. The van der Waals surface area contributed by atoms with Gasteiger partial charge >= 0.3 is 6.18 Å². The molecule has 0 fully saturated rings. The lowest BCUT2D eigenvalue weighted by Crippen LogP contribution is -2.30. The van der Waals surface area contributed by atoms with Crippen molar-refractivity contribution in [3.8, 4) is 5.75 Å². The molecular formula is C12H17F3N2O. The summed E-state index contributed by atoms with van der Waals surface area (Å²) in [5.41, 5.74) is 7.64. The zero-order valence-electron chi connectivity index (χ0n) is 10.6. The van der Waals surface area contributed by atoms with Gasteiger partial charge in [-0.3, -0.25) is 4.98 Å². The Kier molecular flexibility index (Phi) is 4.56. The average Bonchev–Trinajstić information content (AvgIpc) is 2.20. The van der Waals surface area contributed by atoms with E-state index in [1.807, 2.05) is 6.92 Å². The van der Waals surface area contributed by atoms with Crippen LogP contribution in [0.2, 0.25) is 0 Å². The monoisotopic (exact) mass is 262 g/mol. The van der Waals surface area contributed by atoms with E-state index in [4.69, 9.17) is 10.5 Å². The Labute approximate surface area is 104 Å². The first-order valence-corrected chi connectivity index (χ1v) is 5.56. The highest BCUT2D eigenvalue weighted by Crippen LogP contribution is 2.26. The number of nitrogens with two attached hydrogens (primary N) is 1. The van der Waals surface area contributed by atoms with E-state index in [0.717, 1.165) is 11.1 Å². The minimum absolute atomic E-state index is 0.0853. The minimum atomic E-state index is -4.25. The molecule has 0 aromatic carbocycles. The Morgan fingerprint density at radius 2 is 2.00 bits per heavy atom. The van der Waals surface area contributed by atoms with Gasteiger partial charge in [0, 0.05) is 35.5 Å². The highest BCUT2D eigenvalue weighted by atomic mass is 19.4. The fraction of sp³-hybridized carbons (Fsp3) is 0.583. The van der Waals surface area contributed by atoms with Gasteiger partial charge in [0.25, 0.3) is 0 Å². The summed E-state index contributed by atoms with van der Waals surface area (Å²) in [5.74, 6) is 0.652. The average molecular weight is 262 g/mol. The van der Waals surface area contributed by atoms with Crippen LogP contribution in [-0.4, -0.2) is 24.3 Å². The number of hydrogen-bond donors (Lipinski definition) is 1. The third-order valence-corrected chi connectivity index (χ3v) is 2.70. The fourth-order valence-electron chi connectivity index (χ4n) is 1.89. The molecule has 1 atom stereocenters. The maximum Gasteiger partial charge on any atom is 0.390 e. The second-order valence-electron chi connectivity index (χ2n) is 4.33. The van der Waals surface area contributed by atoms with Crippen molar-refractivity contribution in [3.63, 3.8) is 0 Å². The van der Waals surface area contributed by atoms with Gasteiger partial charge in [-0.15, -0.1) is 0 Å². The summed E-state index contributed by atoms with van der Waals surface area (Å²) in [6, 6.07) is -0.983. The molecule has 0 saturated heterocycles. The van der Waals surface area contributed by atoms with Crippen LogP contribution in [0.1, 0.15) is 23.2 Å². The second-order valence-corrected chi connectivity index (χ2v) is 4.33. The summed E-state index contributed by atoms with van der Waals surface area (Å²) >= 11 is 0. The molecule has 0 radical (unpaired) electrons. The number of nitrogens with zero attached hydrogens (tertiary/aromatic N) is 1. The number of aromatic nitrogens is 1. The lowest BCUT2D eigenvalue weighted by atomic mass is 10.0. The van der Waals surface area contributed by atoms with E-state index in [-0.39, 0.29) is 6.42 Å². The third kappa shape index (κ3) is 3.87. The van der Waals surface area contributed by atoms with Crippen LogP contribution in [0.15, 0.2) is 6.20 Å². The zero-order valence-corrected chi connectivity index (χ0v) is 10.6. The molecule has 0 amide bonds. The van der Waals surface area contributed by atoms with Crippen molar-refractivity contribution in [2.24, 2.45) is 5.73 Å². The lowest BCUT2D eigenvalue weighted by Gasteiger charge is -2.16. The molecule has 0 aliphatic heterocycles. The van der Waals surface area contributed by atoms with Gasteiger partial charge in [0.05, 0.1) is 13.5 Å². The van der Waals surface area contributed by atoms with E-state index in [2.05, 4.69) is 4.98 Å². The van der Waals surface area contributed by atoms with Crippen molar-refractivity contribution in [3.05, 3.63) is 23.0 Å². The molecule has 3 nitrogen and oxygen atoms in total. The quantitative estimate of drug-likeness (QED) is 0.907. The normalized spacial score (nSPS) is 13.5. The largest absolute Gasteiger partial charge is 0.496 e. The molecule has 1 rings (SSSR count). The highest BCUT2D eigenvalue weighted by molar-refractivity contribution is 5.41. The second kappa shape index (κ2) is 5.56. The number of pyridine rings is 1. The van der Waals surface area contributed by atoms with Crippen LogP contribution in [0.5, 0.6) is 5.75 Å². The van der Waals surface area contributed by atoms with Gasteiger partial charge in [-0.05, 0) is 13.8 Å². The molecule has 1 aromatic rings. The van der Waals surface area contributed by atoms with Crippen molar-refractivity contribution in [1.82, 2.24) is 4.98 Å². The topological polar surface area (TPSA) is 48.1 Å². The standard InChI is InChI=1S/C12H17F3N2O/c1-7-6-17-10(8(2)11(7)18-3)4-9(16)5-12(13,14)15/h6,9H,4-5,16H2,1-3H3. The summed E-state index contributed by atoms with van der Waals surface area (Å²) in [6.45, 7) is 3.60. The molecule has 0 saturated carbocycles. The van der Waals surface area contributed by atoms with Crippen molar-refractivity contribution in [1.29, 1.82) is 0 Å². The molecule has 0 aliphatic carbocycles. The van der Waals surface area contributed by atoms with Crippen molar-refractivity contribution in [2.45, 2.75) is 38.9 Å². The van der Waals surface area contributed by atoms with Gasteiger partial charge in [-0.25, -0.2) is 0 Å². The van der Waals surface area contributed by atoms with E-state index >= 15 is 0 Å². The van der Waals surface area contributed by atoms with Crippen LogP contribution in [-0.2, 0) is 6.42 Å². The fourth-order valence-corrected chi connectivity index (χ4v) is 1.89. The van der Waals surface area contributed by atoms with Gasteiger partial charge in [0.2, 0.25) is 0 Å². The van der Waals surface area contributed by atoms with Gasteiger partial charge in [0.1, 0.15) is 5.75 Å². The summed E-state index contributed by atoms with van der Waals surface area (Å²) in [4.78, 5) is 4.13. The Bertz CT molecular complexity index is 419. The Hall–Kier alpha value is -1.30. The zero-order chi connectivity index (χ0) is 13.9. The number of methoxy groups -OCH3 is 1. The Morgan fingerprint density at radius 3 is 2.50 bits per heavy atom. The molecular weight excluding hydrogens is 245 g/mol. The molecule has 18 heavy (non-hydrogen) atoms. The Morgan fingerprint density at radius 1 is 1.39 bits per heavy atom. The van der Waals surface area contributed by atoms with Crippen LogP contribution in [0.25, 0.3) is 0 Å². The van der Waals surface area contributed by atoms with Crippen molar-refractivity contribution in [2.75, 3.05) is 7.11 Å². The summed E-state index contributed by atoms with van der Waals surface area (Å²) in [7, 11) is 1.52. The molecule has 1 unspecified atom stereocenters. The van der Waals surface area contributed by atoms with Crippen molar-refractivity contribution < 1.29 is 17.9 Å². The first kappa shape index (κ1) is 14.8. The van der Waals surface area contributed by atoms with Crippen molar-refractivity contribution >= 4 is 0 Å². The first-order valence-electron chi connectivity index (χ1n) is 5.56. The molecule has 0 spiro atoms. The smallest absolute Gasteiger partial charge is 0.390 e. The SMILES string of the molecule is COc1c(C)cnc(CC(N)CC(F)(F)F)c1C. The van der Waals surface area contributed by atoms with E-state index in [9.17, 15) is 13.2 Å². The van der Waals surface area contributed by atoms with Crippen LogP contribution >= 0.6 is 0 Å². The summed E-state index contributed by atoms with van der Waals surface area (Å²) < 4.78 is 41.8. The lowest BCUT2D eigenvalue weighted by molar-refractivity contribution is -0.138. The predicted molar refractivity (Wildman–Crippen MR) is 62.6 cm³/mol. The van der Waals surface area contributed by atoms with E-state index in [1.165, 1.54) is 7.11 Å². The van der Waals surface area contributed by atoms with E-state index < -0.39 is 18.6 Å². The number of alkyl halides is 3. The van der Waals surface area contributed by atoms with Gasteiger partial charge < -0.3 is 10.5 Å². The predicted octanol–water partition coefficient (Wildman–Crippen LogP) is 2.53. The van der Waals surface area contributed by atoms with Gasteiger partial charge in [0.15, 0.2) is 0 Å². The Balaban J connectivity index is 2.85.